The number of carbonyl (C=O) groups excluding carboxylic acids is 2. The number of amides is 2. The number of rotatable bonds is 5. The minimum Gasteiger partial charge on any atom is -0.383 e. The van der Waals surface area contributed by atoms with Crippen molar-refractivity contribution in [3.63, 3.8) is 0 Å². The van der Waals surface area contributed by atoms with E-state index in [1.165, 1.54) is 18.3 Å². The summed E-state index contributed by atoms with van der Waals surface area (Å²) >= 11 is 1.21. The molecule has 1 heterocycles. The summed E-state index contributed by atoms with van der Waals surface area (Å²) in [5.74, 6) is -0.485. The molecular weight excluding hydrogens is 242 g/mol. The molecule has 94 valence electrons. The molecule has 0 aliphatic rings. The number of hydrogen-bond acceptors (Lipinski definition) is 5. The third kappa shape index (κ3) is 4.49. The molecule has 0 saturated heterocycles. The number of nitrogens with zero attached hydrogens (tertiary/aromatic N) is 1. The van der Waals surface area contributed by atoms with Crippen LogP contribution >= 0.6 is 11.3 Å². The zero-order valence-electron chi connectivity index (χ0n) is 9.94. The van der Waals surface area contributed by atoms with Crippen LogP contribution in [0.1, 0.15) is 24.3 Å². The summed E-state index contributed by atoms with van der Waals surface area (Å²) in [7, 11) is 1.57. The van der Waals surface area contributed by atoms with Crippen LogP contribution < -0.4 is 10.6 Å². The zero-order chi connectivity index (χ0) is 12.8. The molecule has 2 N–H and O–H groups in total. The number of ether oxygens (including phenoxy) is 1. The van der Waals surface area contributed by atoms with Crippen LogP contribution in [0.4, 0.5) is 5.13 Å². The largest absolute Gasteiger partial charge is 0.383 e. The molecular formula is C10H15N3O3S. The third-order valence-corrected chi connectivity index (χ3v) is 2.57. The van der Waals surface area contributed by atoms with Crippen molar-refractivity contribution in [2.45, 2.75) is 19.9 Å². The highest BCUT2D eigenvalue weighted by Crippen LogP contribution is 2.15. The maximum atomic E-state index is 11.7. The highest BCUT2D eigenvalue weighted by atomic mass is 32.1. The molecule has 1 atom stereocenters. The van der Waals surface area contributed by atoms with Crippen molar-refractivity contribution >= 4 is 28.3 Å². The summed E-state index contributed by atoms with van der Waals surface area (Å²) in [5.41, 5.74) is 0.293. The van der Waals surface area contributed by atoms with Crippen LogP contribution in [-0.2, 0) is 9.53 Å². The average molecular weight is 257 g/mol. The lowest BCUT2D eigenvalue weighted by Crippen LogP contribution is -2.35. The Hall–Kier alpha value is -1.47. The summed E-state index contributed by atoms with van der Waals surface area (Å²) in [4.78, 5) is 26.5. The molecule has 0 radical (unpaired) electrons. The Morgan fingerprint density at radius 2 is 2.29 bits per heavy atom. The van der Waals surface area contributed by atoms with Crippen LogP contribution in [0.5, 0.6) is 0 Å². The van der Waals surface area contributed by atoms with Crippen LogP contribution in [-0.4, -0.2) is 36.6 Å². The molecule has 17 heavy (non-hydrogen) atoms. The fourth-order valence-corrected chi connectivity index (χ4v) is 1.91. The first kappa shape index (κ1) is 13.6. The van der Waals surface area contributed by atoms with E-state index < -0.39 is 0 Å². The Kier molecular flexibility index (Phi) is 5.05. The predicted molar refractivity (Wildman–Crippen MR) is 65.2 cm³/mol. The first-order chi connectivity index (χ1) is 8.02. The Morgan fingerprint density at radius 3 is 2.88 bits per heavy atom. The van der Waals surface area contributed by atoms with Crippen LogP contribution in [0.25, 0.3) is 0 Å². The van der Waals surface area contributed by atoms with E-state index in [0.29, 0.717) is 17.4 Å². The summed E-state index contributed by atoms with van der Waals surface area (Å²) in [5, 5.41) is 7.27. The smallest absolute Gasteiger partial charge is 0.271 e. The summed E-state index contributed by atoms with van der Waals surface area (Å²) in [6.07, 6.45) is 0. The van der Waals surface area contributed by atoms with Crippen LogP contribution in [0.2, 0.25) is 0 Å². The van der Waals surface area contributed by atoms with Gasteiger partial charge >= 0.3 is 0 Å². The van der Waals surface area contributed by atoms with Crippen molar-refractivity contribution in [2.24, 2.45) is 0 Å². The van der Waals surface area contributed by atoms with Gasteiger partial charge in [-0.3, -0.25) is 9.59 Å². The van der Waals surface area contributed by atoms with Crippen molar-refractivity contribution < 1.29 is 14.3 Å². The van der Waals surface area contributed by atoms with Gasteiger partial charge in [-0.2, -0.15) is 0 Å². The summed E-state index contributed by atoms with van der Waals surface area (Å²) < 4.78 is 4.91. The molecule has 0 aromatic carbocycles. The molecule has 6 nitrogen and oxygen atoms in total. The standard InChI is InChI=1S/C10H15N3O3S/c1-6(4-16-3)11-9(15)8-5-17-10(13-8)12-7(2)14/h5-6H,4H2,1-3H3,(H,11,15)(H,12,13,14)/t6-/m0/s1. The fraction of sp³-hybridized carbons (Fsp3) is 0.500. The fourth-order valence-electron chi connectivity index (χ4n) is 1.18. The first-order valence-corrected chi connectivity index (χ1v) is 5.93. The third-order valence-electron chi connectivity index (χ3n) is 1.81. The van der Waals surface area contributed by atoms with Crippen LogP contribution in [0.3, 0.4) is 0 Å². The van der Waals surface area contributed by atoms with Gasteiger partial charge in [0.2, 0.25) is 5.91 Å². The van der Waals surface area contributed by atoms with E-state index in [9.17, 15) is 9.59 Å². The lowest BCUT2D eigenvalue weighted by molar-refractivity contribution is -0.114. The predicted octanol–water partition coefficient (Wildman–Crippen LogP) is 0.866. The Bertz CT molecular complexity index is 405. The first-order valence-electron chi connectivity index (χ1n) is 5.06. The number of hydrogen-bond donors (Lipinski definition) is 2. The number of nitrogens with one attached hydrogen (secondary N) is 2. The molecule has 0 saturated carbocycles. The van der Waals surface area contributed by atoms with E-state index in [1.54, 1.807) is 12.5 Å². The molecule has 2 amide bonds. The minimum atomic E-state index is -0.276. The van der Waals surface area contributed by atoms with Crippen molar-refractivity contribution in [1.29, 1.82) is 0 Å². The van der Waals surface area contributed by atoms with Gasteiger partial charge in [0.25, 0.3) is 5.91 Å². The number of methoxy groups -OCH3 is 1. The Labute approximate surface area is 103 Å². The minimum absolute atomic E-state index is 0.0848. The lowest BCUT2D eigenvalue weighted by Gasteiger charge is -2.11. The molecule has 1 aromatic heterocycles. The van der Waals surface area contributed by atoms with Crippen LogP contribution in [0.15, 0.2) is 5.38 Å². The number of thiazole rings is 1. The van der Waals surface area contributed by atoms with Gasteiger partial charge in [-0.05, 0) is 6.92 Å². The molecule has 0 bridgehead atoms. The lowest BCUT2D eigenvalue weighted by atomic mass is 10.3. The maximum absolute atomic E-state index is 11.7. The molecule has 0 fully saturated rings. The molecule has 7 heteroatoms. The number of aromatic nitrogens is 1. The van der Waals surface area contributed by atoms with Gasteiger partial charge in [0.1, 0.15) is 5.69 Å². The summed E-state index contributed by atoms with van der Waals surface area (Å²) in [6, 6.07) is -0.0848. The van der Waals surface area contributed by atoms with E-state index in [0.717, 1.165) is 0 Å². The molecule has 0 aliphatic carbocycles. The van der Waals surface area contributed by atoms with Gasteiger partial charge < -0.3 is 15.4 Å². The number of carbonyl (C=O) groups is 2. The van der Waals surface area contributed by atoms with Gasteiger partial charge in [-0.1, -0.05) is 0 Å². The molecule has 0 spiro atoms. The van der Waals surface area contributed by atoms with Gasteiger partial charge in [0.15, 0.2) is 5.13 Å². The highest BCUT2D eigenvalue weighted by molar-refractivity contribution is 7.14. The van der Waals surface area contributed by atoms with Gasteiger partial charge in [-0.15, -0.1) is 11.3 Å². The maximum Gasteiger partial charge on any atom is 0.271 e. The second kappa shape index (κ2) is 6.31. The molecule has 1 rings (SSSR count). The van der Waals surface area contributed by atoms with Crippen molar-refractivity contribution in [3.8, 4) is 0 Å². The van der Waals surface area contributed by atoms with E-state index >= 15 is 0 Å². The van der Waals surface area contributed by atoms with Gasteiger partial charge in [-0.25, -0.2) is 4.98 Å². The zero-order valence-corrected chi connectivity index (χ0v) is 10.8. The monoisotopic (exact) mass is 257 g/mol. The highest BCUT2D eigenvalue weighted by Gasteiger charge is 2.13. The van der Waals surface area contributed by atoms with Crippen molar-refractivity contribution in [3.05, 3.63) is 11.1 Å². The van der Waals surface area contributed by atoms with Crippen molar-refractivity contribution in [2.75, 3.05) is 19.0 Å². The number of anilines is 1. The Balaban J connectivity index is 2.57. The van der Waals surface area contributed by atoms with Gasteiger partial charge in [0.05, 0.1) is 6.61 Å². The van der Waals surface area contributed by atoms with Gasteiger partial charge in [0, 0.05) is 25.5 Å². The second-order valence-electron chi connectivity index (χ2n) is 3.55. The topological polar surface area (TPSA) is 80.3 Å². The van der Waals surface area contributed by atoms with E-state index in [4.69, 9.17) is 4.74 Å². The SMILES string of the molecule is COC[C@H](C)NC(=O)c1csc(NC(C)=O)n1. The molecule has 0 aliphatic heterocycles. The van der Waals surface area contributed by atoms with Crippen LogP contribution in [0, 0.1) is 0 Å². The molecule has 0 unspecified atom stereocenters. The van der Waals surface area contributed by atoms with E-state index in [-0.39, 0.29) is 17.9 Å². The molecule has 1 aromatic rings. The average Bonchev–Trinajstić information content (AvgIpc) is 2.65. The Morgan fingerprint density at radius 1 is 1.59 bits per heavy atom. The quantitative estimate of drug-likeness (QED) is 0.820. The van der Waals surface area contributed by atoms with E-state index in [1.807, 2.05) is 6.92 Å². The normalized spacial score (nSPS) is 11.9. The van der Waals surface area contributed by atoms with Crippen molar-refractivity contribution in [1.82, 2.24) is 10.3 Å². The summed E-state index contributed by atoms with van der Waals surface area (Å²) in [6.45, 7) is 3.67. The second-order valence-corrected chi connectivity index (χ2v) is 4.41. The van der Waals surface area contributed by atoms with E-state index in [2.05, 4.69) is 15.6 Å².